The SMILES string of the molecule is CCOc1cc(/C=C\c2[nH]c(=O)[nH]c(=O)c2[N+](=O)[O-])ccc1OC(C)C. The van der Waals surface area contributed by atoms with Gasteiger partial charge in [0.25, 0.3) is 0 Å². The Kier molecular flexibility index (Phi) is 5.94. The molecular formula is C17H19N3O6. The second-order valence-corrected chi connectivity index (χ2v) is 5.57. The molecular weight excluding hydrogens is 342 g/mol. The standard InChI is InChI=1S/C17H19N3O6/c1-4-25-14-9-11(6-8-13(14)26-10(2)3)5-7-12-15(20(23)24)16(21)19-17(22)18-12/h5-10H,4H2,1-3H3,(H2,18,19,21,22)/b7-5-. The van der Waals surface area contributed by atoms with Crippen molar-refractivity contribution in [3.63, 3.8) is 0 Å². The number of H-pyrrole nitrogens is 2. The average molecular weight is 361 g/mol. The molecule has 0 aliphatic heterocycles. The maximum atomic E-state index is 11.6. The number of nitrogens with one attached hydrogen (secondary N) is 2. The first-order valence-corrected chi connectivity index (χ1v) is 7.94. The molecule has 2 N–H and O–H groups in total. The maximum absolute atomic E-state index is 11.6. The van der Waals surface area contributed by atoms with Crippen molar-refractivity contribution >= 4 is 17.8 Å². The van der Waals surface area contributed by atoms with Crippen LogP contribution in [0.5, 0.6) is 11.5 Å². The van der Waals surface area contributed by atoms with Gasteiger partial charge < -0.3 is 14.5 Å². The zero-order chi connectivity index (χ0) is 19.3. The van der Waals surface area contributed by atoms with Gasteiger partial charge in [0.05, 0.1) is 17.6 Å². The number of nitro groups is 1. The predicted octanol–water partition coefficient (Wildman–Crippen LogP) is 2.33. The van der Waals surface area contributed by atoms with Crippen LogP contribution in [0.15, 0.2) is 27.8 Å². The Hall–Kier alpha value is -3.36. The van der Waals surface area contributed by atoms with E-state index in [1.54, 1.807) is 18.2 Å². The zero-order valence-electron chi connectivity index (χ0n) is 14.6. The first-order chi connectivity index (χ1) is 12.3. The van der Waals surface area contributed by atoms with E-state index in [4.69, 9.17) is 9.47 Å². The lowest BCUT2D eigenvalue weighted by Crippen LogP contribution is -2.25. The Morgan fingerprint density at radius 2 is 1.92 bits per heavy atom. The molecule has 2 rings (SSSR count). The van der Waals surface area contributed by atoms with Gasteiger partial charge in [0.1, 0.15) is 5.69 Å². The number of benzene rings is 1. The van der Waals surface area contributed by atoms with Crippen LogP contribution < -0.4 is 20.7 Å². The summed E-state index contributed by atoms with van der Waals surface area (Å²) < 4.78 is 11.2. The van der Waals surface area contributed by atoms with Crippen LogP contribution in [0.3, 0.4) is 0 Å². The second kappa shape index (κ2) is 8.15. The number of rotatable bonds is 7. The van der Waals surface area contributed by atoms with E-state index in [1.807, 2.05) is 25.8 Å². The molecule has 0 aliphatic carbocycles. The van der Waals surface area contributed by atoms with Crippen LogP contribution in [0.25, 0.3) is 12.2 Å². The lowest BCUT2D eigenvalue weighted by Gasteiger charge is -2.14. The van der Waals surface area contributed by atoms with E-state index in [1.165, 1.54) is 12.2 Å². The van der Waals surface area contributed by atoms with Crippen LogP contribution in [0.1, 0.15) is 32.0 Å². The van der Waals surface area contributed by atoms with Gasteiger partial charge in [0.15, 0.2) is 11.5 Å². The van der Waals surface area contributed by atoms with E-state index in [-0.39, 0.29) is 11.8 Å². The van der Waals surface area contributed by atoms with E-state index < -0.39 is 21.9 Å². The van der Waals surface area contributed by atoms with Crippen molar-refractivity contribution in [2.75, 3.05) is 6.61 Å². The van der Waals surface area contributed by atoms with Crippen molar-refractivity contribution in [1.82, 2.24) is 9.97 Å². The Balaban J connectivity index is 2.42. The number of hydrogen-bond acceptors (Lipinski definition) is 6. The lowest BCUT2D eigenvalue weighted by atomic mass is 10.1. The van der Waals surface area contributed by atoms with E-state index in [0.29, 0.717) is 23.7 Å². The molecule has 0 fully saturated rings. The second-order valence-electron chi connectivity index (χ2n) is 5.57. The number of aromatic amines is 2. The smallest absolute Gasteiger partial charge is 0.357 e. The lowest BCUT2D eigenvalue weighted by molar-refractivity contribution is -0.386. The van der Waals surface area contributed by atoms with Gasteiger partial charge in [0.2, 0.25) is 0 Å². The van der Waals surface area contributed by atoms with Crippen LogP contribution in [0.2, 0.25) is 0 Å². The van der Waals surface area contributed by atoms with Gasteiger partial charge >= 0.3 is 16.9 Å². The normalized spacial score (nSPS) is 11.1. The highest BCUT2D eigenvalue weighted by molar-refractivity contribution is 5.72. The van der Waals surface area contributed by atoms with Gasteiger partial charge in [-0.15, -0.1) is 0 Å². The minimum atomic E-state index is -1.06. The highest BCUT2D eigenvalue weighted by atomic mass is 16.6. The first kappa shape index (κ1) is 19.0. The summed E-state index contributed by atoms with van der Waals surface area (Å²) in [5, 5.41) is 11.0. The zero-order valence-corrected chi connectivity index (χ0v) is 14.6. The van der Waals surface area contributed by atoms with Crippen LogP contribution in [-0.4, -0.2) is 27.6 Å². The van der Waals surface area contributed by atoms with Crippen molar-refractivity contribution in [3.05, 3.63) is 60.4 Å². The van der Waals surface area contributed by atoms with E-state index in [2.05, 4.69) is 4.98 Å². The molecule has 0 saturated carbocycles. The van der Waals surface area contributed by atoms with E-state index >= 15 is 0 Å². The number of aromatic nitrogens is 2. The number of ether oxygens (including phenoxy) is 2. The summed E-state index contributed by atoms with van der Waals surface area (Å²) in [5.74, 6) is 1.10. The van der Waals surface area contributed by atoms with Crippen LogP contribution >= 0.6 is 0 Å². The fourth-order valence-electron chi connectivity index (χ4n) is 2.23. The molecule has 1 heterocycles. The van der Waals surface area contributed by atoms with Gasteiger partial charge in [-0.2, -0.15) is 0 Å². The van der Waals surface area contributed by atoms with Crippen LogP contribution in [0, 0.1) is 10.1 Å². The molecule has 0 atom stereocenters. The molecule has 0 aliphatic rings. The Morgan fingerprint density at radius 1 is 1.19 bits per heavy atom. The molecule has 26 heavy (non-hydrogen) atoms. The summed E-state index contributed by atoms with van der Waals surface area (Å²) in [6.45, 7) is 6.07. The topological polar surface area (TPSA) is 127 Å². The monoisotopic (exact) mass is 361 g/mol. The molecule has 2 aromatic rings. The number of nitrogens with zero attached hydrogens (tertiary/aromatic N) is 1. The van der Waals surface area contributed by atoms with Crippen molar-refractivity contribution in [3.8, 4) is 11.5 Å². The highest BCUT2D eigenvalue weighted by Crippen LogP contribution is 2.30. The fraction of sp³-hybridized carbons (Fsp3) is 0.294. The van der Waals surface area contributed by atoms with E-state index in [9.17, 15) is 19.7 Å². The molecule has 1 aromatic carbocycles. The van der Waals surface area contributed by atoms with Gasteiger partial charge in [0, 0.05) is 0 Å². The predicted molar refractivity (Wildman–Crippen MR) is 96.6 cm³/mol. The Bertz CT molecular complexity index is 942. The summed E-state index contributed by atoms with van der Waals surface area (Å²) >= 11 is 0. The summed E-state index contributed by atoms with van der Waals surface area (Å²) in [7, 11) is 0. The minimum Gasteiger partial charge on any atom is -0.490 e. The summed E-state index contributed by atoms with van der Waals surface area (Å²) in [4.78, 5) is 37.3. The average Bonchev–Trinajstić information content (AvgIpc) is 2.53. The molecule has 9 nitrogen and oxygen atoms in total. The third-order valence-corrected chi connectivity index (χ3v) is 3.20. The van der Waals surface area contributed by atoms with Crippen molar-refractivity contribution in [2.24, 2.45) is 0 Å². The molecule has 0 amide bonds. The molecule has 138 valence electrons. The third-order valence-electron chi connectivity index (χ3n) is 3.20. The fourth-order valence-corrected chi connectivity index (χ4v) is 2.23. The molecule has 1 aromatic heterocycles. The summed E-state index contributed by atoms with van der Waals surface area (Å²) in [5.41, 5.74) is -2.15. The maximum Gasteiger partial charge on any atom is 0.357 e. The van der Waals surface area contributed by atoms with Gasteiger partial charge in [-0.25, -0.2) is 4.79 Å². The summed E-state index contributed by atoms with van der Waals surface area (Å²) in [6, 6.07) is 5.16. The first-order valence-electron chi connectivity index (χ1n) is 7.94. The molecule has 0 spiro atoms. The Morgan fingerprint density at radius 3 is 2.54 bits per heavy atom. The Labute approximate surface area is 148 Å². The third kappa shape index (κ3) is 4.59. The van der Waals surface area contributed by atoms with Crippen molar-refractivity contribution in [1.29, 1.82) is 0 Å². The number of hydrogen-bond donors (Lipinski definition) is 2. The quantitative estimate of drug-likeness (QED) is 0.575. The van der Waals surface area contributed by atoms with Gasteiger partial charge in [-0.3, -0.25) is 19.9 Å². The van der Waals surface area contributed by atoms with Gasteiger partial charge in [-0.1, -0.05) is 12.1 Å². The molecule has 0 saturated heterocycles. The summed E-state index contributed by atoms with van der Waals surface area (Å²) in [6.07, 6.45) is 2.79. The van der Waals surface area contributed by atoms with Crippen molar-refractivity contribution in [2.45, 2.75) is 26.9 Å². The molecule has 0 radical (unpaired) electrons. The van der Waals surface area contributed by atoms with Crippen LogP contribution in [0.4, 0.5) is 5.69 Å². The van der Waals surface area contributed by atoms with E-state index in [0.717, 1.165) is 0 Å². The van der Waals surface area contributed by atoms with Crippen molar-refractivity contribution < 1.29 is 14.4 Å². The highest BCUT2D eigenvalue weighted by Gasteiger charge is 2.18. The molecule has 0 unspecified atom stereocenters. The molecule has 9 heteroatoms. The minimum absolute atomic E-state index is 0.0284. The van der Waals surface area contributed by atoms with Gasteiger partial charge in [-0.05, 0) is 44.5 Å². The largest absolute Gasteiger partial charge is 0.490 e. The van der Waals surface area contributed by atoms with Crippen LogP contribution in [-0.2, 0) is 0 Å². The molecule has 0 bridgehead atoms.